The molecule has 0 radical (unpaired) electrons. The quantitative estimate of drug-likeness (QED) is 0.296. The van der Waals surface area contributed by atoms with Gasteiger partial charge in [-0.3, -0.25) is 4.90 Å². The lowest BCUT2D eigenvalue weighted by Gasteiger charge is -2.34. The molecule has 0 unspecified atom stereocenters. The molecule has 7 heteroatoms. The number of nitrogens with zero attached hydrogens (tertiary/aromatic N) is 4. The van der Waals surface area contributed by atoms with Gasteiger partial charge in [0.15, 0.2) is 0 Å². The van der Waals surface area contributed by atoms with Crippen molar-refractivity contribution in [3.8, 4) is 11.1 Å². The molecule has 2 heterocycles. The van der Waals surface area contributed by atoms with Crippen molar-refractivity contribution in [3.63, 3.8) is 0 Å². The fourth-order valence-corrected chi connectivity index (χ4v) is 4.56. The van der Waals surface area contributed by atoms with Crippen LogP contribution in [0.2, 0.25) is 0 Å². The Kier molecular flexibility index (Phi) is 8.38. The number of anilines is 1. The lowest BCUT2D eigenvalue weighted by Crippen LogP contribution is -2.46. The van der Waals surface area contributed by atoms with E-state index in [1.54, 1.807) is 7.11 Å². The molecule has 194 valence electrons. The Morgan fingerprint density at radius 1 is 0.763 bits per heavy atom. The van der Waals surface area contributed by atoms with Gasteiger partial charge in [0.25, 0.3) is 0 Å². The molecule has 38 heavy (non-hydrogen) atoms. The highest BCUT2D eigenvalue weighted by atomic mass is 16.5. The molecule has 0 spiro atoms. The Morgan fingerprint density at radius 2 is 1.47 bits per heavy atom. The van der Waals surface area contributed by atoms with Crippen molar-refractivity contribution >= 4 is 11.9 Å². The summed E-state index contributed by atoms with van der Waals surface area (Å²) in [5, 5.41) is 0. The summed E-state index contributed by atoms with van der Waals surface area (Å²) in [5.74, 6) is 0.461. The lowest BCUT2D eigenvalue weighted by atomic mass is 10.1. The highest BCUT2D eigenvalue weighted by molar-refractivity contribution is 5.89. The molecule has 1 fully saturated rings. The van der Waals surface area contributed by atoms with E-state index in [2.05, 4.69) is 38.0 Å². The molecular weight excluding hydrogens is 476 g/mol. The van der Waals surface area contributed by atoms with E-state index in [1.165, 1.54) is 5.56 Å². The first-order valence-electron chi connectivity index (χ1n) is 12.9. The Hall–Kier alpha value is -4.07. The predicted molar refractivity (Wildman–Crippen MR) is 148 cm³/mol. The van der Waals surface area contributed by atoms with E-state index in [1.807, 2.05) is 73.1 Å². The van der Waals surface area contributed by atoms with Gasteiger partial charge in [0.2, 0.25) is 5.95 Å². The number of ether oxygens (including phenoxy) is 2. The van der Waals surface area contributed by atoms with Gasteiger partial charge in [0, 0.05) is 57.8 Å². The molecule has 5 rings (SSSR count). The smallest absolute Gasteiger partial charge is 0.338 e. The number of hydrogen-bond donors (Lipinski definition) is 0. The molecule has 0 amide bonds. The van der Waals surface area contributed by atoms with Gasteiger partial charge in [-0.25, -0.2) is 14.8 Å². The fraction of sp³-hybridized carbons (Fsp3) is 0.258. The van der Waals surface area contributed by atoms with Gasteiger partial charge >= 0.3 is 5.97 Å². The molecule has 3 aromatic carbocycles. The second-order valence-corrected chi connectivity index (χ2v) is 9.43. The zero-order chi connectivity index (χ0) is 26.2. The maximum Gasteiger partial charge on any atom is 0.338 e. The van der Waals surface area contributed by atoms with Crippen LogP contribution in [0, 0.1) is 0 Å². The average molecular weight is 509 g/mol. The largest absolute Gasteiger partial charge is 0.457 e. The van der Waals surface area contributed by atoms with Crippen molar-refractivity contribution < 1.29 is 14.3 Å². The van der Waals surface area contributed by atoms with E-state index < -0.39 is 0 Å². The number of aromatic nitrogens is 2. The average Bonchev–Trinajstić information content (AvgIpc) is 2.98. The number of rotatable bonds is 9. The summed E-state index contributed by atoms with van der Waals surface area (Å²) in [7, 11) is 1.70. The number of carbonyl (C=O) groups excluding carboxylic acids is 1. The summed E-state index contributed by atoms with van der Waals surface area (Å²) in [4.78, 5) is 26.3. The molecule has 1 aliphatic rings. The minimum absolute atomic E-state index is 0.277. The Balaban J connectivity index is 1.10. The Morgan fingerprint density at radius 3 is 2.18 bits per heavy atom. The van der Waals surface area contributed by atoms with Gasteiger partial charge in [0.05, 0.1) is 12.2 Å². The molecule has 0 atom stereocenters. The monoisotopic (exact) mass is 508 g/mol. The number of methoxy groups -OCH3 is 1. The van der Waals surface area contributed by atoms with Crippen LogP contribution in [-0.4, -0.2) is 54.1 Å². The molecule has 1 saturated heterocycles. The summed E-state index contributed by atoms with van der Waals surface area (Å²) in [5.41, 5.74) is 5.94. The van der Waals surface area contributed by atoms with Crippen molar-refractivity contribution in [3.05, 3.63) is 114 Å². The molecule has 0 bridgehead atoms. The second kappa shape index (κ2) is 12.4. The van der Waals surface area contributed by atoms with Gasteiger partial charge in [-0.05, 0) is 40.5 Å². The first-order chi connectivity index (χ1) is 18.7. The van der Waals surface area contributed by atoms with Gasteiger partial charge in [-0.15, -0.1) is 0 Å². The molecule has 4 aromatic rings. The van der Waals surface area contributed by atoms with Crippen LogP contribution in [0.5, 0.6) is 0 Å². The van der Waals surface area contributed by atoms with Gasteiger partial charge in [-0.2, -0.15) is 0 Å². The van der Waals surface area contributed by atoms with Crippen molar-refractivity contribution in [2.75, 3.05) is 38.2 Å². The first kappa shape index (κ1) is 25.6. The van der Waals surface area contributed by atoms with Crippen LogP contribution in [0.3, 0.4) is 0 Å². The number of hydrogen-bond acceptors (Lipinski definition) is 7. The number of piperazine rings is 1. The van der Waals surface area contributed by atoms with E-state index in [9.17, 15) is 4.79 Å². The zero-order valence-corrected chi connectivity index (χ0v) is 21.6. The van der Waals surface area contributed by atoms with Crippen LogP contribution in [0.15, 0.2) is 91.3 Å². The first-order valence-corrected chi connectivity index (χ1v) is 12.9. The highest BCUT2D eigenvalue weighted by Gasteiger charge is 2.19. The van der Waals surface area contributed by atoms with E-state index in [0.717, 1.165) is 60.9 Å². The van der Waals surface area contributed by atoms with E-state index in [-0.39, 0.29) is 12.6 Å². The number of esters is 1. The zero-order valence-electron chi connectivity index (χ0n) is 21.6. The molecule has 1 aromatic heterocycles. The van der Waals surface area contributed by atoms with Crippen LogP contribution in [0.25, 0.3) is 11.1 Å². The second-order valence-electron chi connectivity index (χ2n) is 9.43. The minimum Gasteiger partial charge on any atom is -0.457 e. The topological polar surface area (TPSA) is 67.8 Å². The molecule has 0 aliphatic carbocycles. The molecule has 0 N–H and O–H groups in total. The number of benzene rings is 3. The van der Waals surface area contributed by atoms with Crippen molar-refractivity contribution in [1.29, 1.82) is 0 Å². The van der Waals surface area contributed by atoms with Crippen molar-refractivity contribution in [2.24, 2.45) is 0 Å². The summed E-state index contributed by atoms with van der Waals surface area (Å²) in [6.07, 6.45) is 3.79. The van der Waals surface area contributed by atoms with E-state index >= 15 is 0 Å². The molecular formula is C31H32N4O3. The van der Waals surface area contributed by atoms with Gasteiger partial charge in [-0.1, -0.05) is 60.7 Å². The fourth-order valence-electron chi connectivity index (χ4n) is 4.56. The van der Waals surface area contributed by atoms with Crippen LogP contribution in [0.1, 0.15) is 27.0 Å². The molecule has 1 aliphatic heterocycles. The highest BCUT2D eigenvalue weighted by Crippen LogP contribution is 2.21. The summed E-state index contributed by atoms with van der Waals surface area (Å²) in [6.45, 7) is 5.28. The van der Waals surface area contributed by atoms with Crippen molar-refractivity contribution in [1.82, 2.24) is 14.9 Å². The maximum absolute atomic E-state index is 12.4. The SMILES string of the molecule is COCc1cccc(-c2cnc(N3CCN(Cc4ccc(C(=O)OCc5ccccc5)cc4)CC3)nc2)c1. The van der Waals surface area contributed by atoms with Crippen LogP contribution in [0.4, 0.5) is 5.95 Å². The third-order valence-corrected chi connectivity index (χ3v) is 6.67. The van der Waals surface area contributed by atoms with Gasteiger partial charge in [0.1, 0.15) is 6.61 Å². The van der Waals surface area contributed by atoms with Crippen LogP contribution in [-0.2, 0) is 29.2 Å². The number of carbonyl (C=O) groups is 1. The van der Waals surface area contributed by atoms with Crippen LogP contribution < -0.4 is 4.90 Å². The van der Waals surface area contributed by atoms with Crippen molar-refractivity contribution in [2.45, 2.75) is 19.8 Å². The molecule has 7 nitrogen and oxygen atoms in total. The third kappa shape index (κ3) is 6.62. The summed E-state index contributed by atoms with van der Waals surface area (Å²) >= 11 is 0. The maximum atomic E-state index is 12.4. The summed E-state index contributed by atoms with van der Waals surface area (Å²) in [6, 6.07) is 25.7. The summed E-state index contributed by atoms with van der Waals surface area (Å²) < 4.78 is 10.7. The Labute approximate surface area is 223 Å². The Bertz CT molecular complexity index is 1320. The standard InChI is InChI=1S/C31H32N4O3/c1-37-22-26-8-5-9-28(18-26)29-19-32-31(33-20-29)35-16-14-34(15-17-35)21-24-10-12-27(13-11-24)30(36)38-23-25-6-3-2-4-7-25/h2-13,18-20H,14-17,21-23H2,1H3. The predicted octanol–water partition coefficient (Wildman–Crippen LogP) is 4.97. The van der Waals surface area contributed by atoms with Gasteiger partial charge < -0.3 is 14.4 Å². The lowest BCUT2D eigenvalue weighted by molar-refractivity contribution is 0.0472. The minimum atomic E-state index is -0.303. The van der Waals surface area contributed by atoms with E-state index in [0.29, 0.717) is 12.2 Å². The third-order valence-electron chi connectivity index (χ3n) is 6.67. The molecule has 0 saturated carbocycles. The van der Waals surface area contributed by atoms with Crippen LogP contribution >= 0.6 is 0 Å². The normalized spacial score (nSPS) is 13.9. The van der Waals surface area contributed by atoms with E-state index in [4.69, 9.17) is 9.47 Å².